The standard InChI is InChI=1S/C19H27ClN2S/c1-2-3-4-5-6-7-8-19(15-22-14-13-21-16-22)23-18-11-9-17(20)10-12-18/h9-14,16,19H,2-8,15H2,1H3. The molecule has 1 unspecified atom stereocenters. The molecule has 0 amide bonds. The van der Waals surface area contributed by atoms with Crippen LogP contribution < -0.4 is 0 Å². The largest absolute Gasteiger partial charge is 0.336 e. The van der Waals surface area contributed by atoms with Gasteiger partial charge >= 0.3 is 0 Å². The summed E-state index contributed by atoms with van der Waals surface area (Å²) in [6.45, 7) is 3.28. The summed E-state index contributed by atoms with van der Waals surface area (Å²) in [5.74, 6) is 0. The minimum absolute atomic E-state index is 0.580. The Morgan fingerprint density at radius 2 is 1.83 bits per heavy atom. The number of benzene rings is 1. The topological polar surface area (TPSA) is 17.8 Å². The first kappa shape index (κ1) is 18.4. The molecule has 0 saturated heterocycles. The number of nitrogens with zero attached hydrogens (tertiary/aromatic N) is 2. The van der Waals surface area contributed by atoms with Gasteiger partial charge in [0.2, 0.25) is 0 Å². The van der Waals surface area contributed by atoms with E-state index in [0.717, 1.165) is 11.6 Å². The Kier molecular flexibility index (Phi) is 8.62. The highest BCUT2D eigenvalue weighted by Crippen LogP contribution is 2.29. The molecule has 23 heavy (non-hydrogen) atoms. The van der Waals surface area contributed by atoms with E-state index in [9.17, 15) is 0 Å². The lowest BCUT2D eigenvalue weighted by Gasteiger charge is -2.17. The van der Waals surface area contributed by atoms with E-state index < -0.39 is 0 Å². The number of aromatic nitrogens is 2. The van der Waals surface area contributed by atoms with Crippen molar-refractivity contribution < 1.29 is 0 Å². The van der Waals surface area contributed by atoms with Crippen LogP contribution in [0.1, 0.15) is 51.9 Å². The SMILES string of the molecule is CCCCCCCCC(Cn1ccnc1)Sc1ccc(Cl)cc1. The summed E-state index contributed by atoms with van der Waals surface area (Å²) in [4.78, 5) is 5.46. The average Bonchev–Trinajstić information content (AvgIpc) is 3.06. The van der Waals surface area contributed by atoms with E-state index in [-0.39, 0.29) is 0 Å². The third-order valence-corrected chi connectivity index (χ3v) is 5.48. The summed E-state index contributed by atoms with van der Waals surface area (Å²) >= 11 is 7.94. The van der Waals surface area contributed by atoms with Crippen LogP contribution in [0.4, 0.5) is 0 Å². The molecule has 2 aromatic rings. The van der Waals surface area contributed by atoms with Crippen LogP contribution in [-0.2, 0) is 6.54 Å². The number of hydrogen-bond acceptors (Lipinski definition) is 2. The van der Waals surface area contributed by atoms with Gasteiger partial charge in [0.1, 0.15) is 0 Å². The molecule has 0 fully saturated rings. The Balaban J connectivity index is 1.82. The van der Waals surface area contributed by atoms with E-state index in [1.54, 1.807) is 0 Å². The first-order valence-corrected chi connectivity index (χ1v) is 9.91. The molecule has 0 N–H and O–H groups in total. The van der Waals surface area contributed by atoms with Crippen molar-refractivity contribution >= 4 is 23.4 Å². The molecule has 1 aromatic carbocycles. The molecule has 126 valence electrons. The fraction of sp³-hybridized carbons (Fsp3) is 0.526. The van der Waals surface area contributed by atoms with Crippen molar-refractivity contribution in [3.63, 3.8) is 0 Å². The summed E-state index contributed by atoms with van der Waals surface area (Å²) < 4.78 is 2.19. The van der Waals surface area contributed by atoms with Crippen molar-refractivity contribution in [2.24, 2.45) is 0 Å². The molecule has 2 rings (SSSR count). The van der Waals surface area contributed by atoms with Gasteiger partial charge in [-0.3, -0.25) is 0 Å². The smallest absolute Gasteiger partial charge is 0.0946 e. The Labute approximate surface area is 149 Å². The first-order chi connectivity index (χ1) is 11.3. The molecule has 0 saturated carbocycles. The second-order valence-corrected chi connectivity index (χ2v) is 7.82. The van der Waals surface area contributed by atoms with Crippen LogP contribution in [0.25, 0.3) is 0 Å². The average molecular weight is 351 g/mol. The fourth-order valence-corrected chi connectivity index (χ4v) is 4.01. The summed E-state index contributed by atoms with van der Waals surface area (Å²) in [7, 11) is 0. The highest BCUT2D eigenvalue weighted by atomic mass is 35.5. The number of hydrogen-bond donors (Lipinski definition) is 0. The van der Waals surface area contributed by atoms with E-state index in [4.69, 9.17) is 11.6 Å². The van der Waals surface area contributed by atoms with Crippen LogP contribution >= 0.6 is 23.4 Å². The zero-order valence-corrected chi connectivity index (χ0v) is 15.5. The second-order valence-electron chi connectivity index (χ2n) is 6.01. The fourth-order valence-electron chi connectivity index (χ4n) is 2.68. The quantitative estimate of drug-likeness (QED) is 0.342. The monoisotopic (exact) mass is 350 g/mol. The maximum Gasteiger partial charge on any atom is 0.0946 e. The van der Waals surface area contributed by atoms with Crippen LogP contribution in [0, 0.1) is 0 Å². The van der Waals surface area contributed by atoms with Gasteiger partial charge < -0.3 is 4.57 Å². The van der Waals surface area contributed by atoms with Gasteiger partial charge in [-0.05, 0) is 30.7 Å². The Hall–Kier alpha value is -0.930. The predicted molar refractivity (Wildman–Crippen MR) is 101 cm³/mol. The first-order valence-electron chi connectivity index (χ1n) is 8.66. The van der Waals surface area contributed by atoms with E-state index in [0.29, 0.717) is 5.25 Å². The zero-order valence-electron chi connectivity index (χ0n) is 14.0. The lowest BCUT2D eigenvalue weighted by molar-refractivity contribution is 0.552. The van der Waals surface area contributed by atoms with Crippen molar-refractivity contribution in [1.29, 1.82) is 0 Å². The molecule has 1 aromatic heterocycles. The summed E-state index contributed by atoms with van der Waals surface area (Å²) in [6.07, 6.45) is 15.2. The van der Waals surface area contributed by atoms with E-state index in [1.807, 2.05) is 36.4 Å². The van der Waals surface area contributed by atoms with Crippen molar-refractivity contribution in [1.82, 2.24) is 9.55 Å². The van der Waals surface area contributed by atoms with E-state index in [2.05, 4.69) is 34.8 Å². The maximum atomic E-state index is 5.99. The number of halogens is 1. The molecule has 0 radical (unpaired) electrons. The van der Waals surface area contributed by atoms with Gasteiger partial charge in [0.05, 0.1) is 6.33 Å². The number of rotatable bonds is 11. The Bertz CT molecular complexity index is 525. The molecule has 0 aliphatic carbocycles. The van der Waals surface area contributed by atoms with Crippen molar-refractivity contribution in [2.75, 3.05) is 0 Å². The minimum Gasteiger partial charge on any atom is -0.336 e. The molecule has 0 spiro atoms. The molecule has 1 heterocycles. The van der Waals surface area contributed by atoms with Crippen LogP contribution in [-0.4, -0.2) is 14.8 Å². The van der Waals surface area contributed by atoms with Crippen molar-refractivity contribution in [2.45, 2.75) is 68.6 Å². The Morgan fingerprint density at radius 1 is 1.09 bits per heavy atom. The van der Waals surface area contributed by atoms with Crippen molar-refractivity contribution in [3.8, 4) is 0 Å². The van der Waals surface area contributed by atoms with Gasteiger partial charge in [-0.25, -0.2) is 4.98 Å². The lowest BCUT2D eigenvalue weighted by Crippen LogP contribution is -2.12. The highest BCUT2D eigenvalue weighted by Gasteiger charge is 2.11. The van der Waals surface area contributed by atoms with E-state index in [1.165, 1.54) is 49.8 Å². The zero-order chi connectivity index (χ0) is 16.3. The third kappa shape index (κ3) is 7.45. The molecule has 1 atom stereocenters. The van der Waals surface area contributed by atoms with Crippen LogP contribution in [0.3, 0.4) is 0 Å². The molecule has 0 aliphatic rings. The lowest BCUT2D eigenvalue weighted by atomic mass is 10.1. The van der Waals surface area contributed by atoms with Crippen molar-refractivity contribution in [3.05, 3.63) is 48.0 Å². The van der Waals surface area contributed by atoms with E-state index >= 15 is 0 Å². The molecular formula is C19H27ClN2S. The number of unbranched alkanes of at least 4 members (excludes halogenated alkanes) is 5. The second kappa shape index (κ2) is 10.8. The highest BCUT2D eigenvalue weighted by molar-refractivity contribution is 8.00. The summed E-state index contributed by atoms with van der Waals surface area (Å²) in [5.41, 5.74) is 0. The normalized spacial score (nSPS) is 12.4. The maximum absolute atomic E-state index is 5.99. The predicted octanol–water partition coefficient (Wildman–Crippen LogP) is 6.45. The van der Waals surface area contributed by atoms with Gasteiger partial charge in [-0.2, -0.15) is 0 Å². The molecule has 0 bridgehead atoms. The molecule has 4 heteroatoms. The minimum atomic E-state index is 0.580. The van der Waals surface area contributed by atoms with Gasteiger partial charge in [0.15, 0.2) is 0 Å². The molecule has 0 aliphatic heterocycles. The van der Waals surface area contributed by atoms with Crippen LogP contribution in [0.15, 0.2) is 47.9 Å². The molecular weight excluding hydrogens is 324 g/mol. The Morgan fingerprint density at radius 3 is 2.52 bits per heavy atom. The molecule has 2 nitrogen and oxygen atoms in total. The number of imidazole rings is 1. The third-order valence-electron chi connectivity index (χ3n) is 3.97. The van der Waals surface area contributed by atoms with Gasteiger partial charge in [0.25, 0.3) is 0 Å². The van der Waals surface area contributed by atoms with Gasteiger partial charge in [0, 0.05) is 34.1 Å². The summed E-state index contributed by atoms with van der Waals surface area (Å²) in [6, 6.07) is 8.19. The van der Waals surface area contributed by atoms with Crippen LogP contribution in [0.5, 0.6) is 0 Å². The summed E-state index contributed by atoms with van der Waals surface area (Å²) in [5, 5.41) is 1.38. The van der Waals surface area contributed by atoms with Gasteiger partial charge in [-0.15, -0.1) is 11.8 Å². The number of thioether (sulfide) groups is 1. The van der Waals surface area contributed by atoms with Crippen LogP contribution in [0.2, 0.25) is 5.02 Å². The van der Waals surface area contributed by atoms with Gasteiger partial charge in [-0.1, -0.05) is 57.0 Å².